The van der Waals surface area contributed by atoms with E-state index in [1.807, 2.05) is 41.9 Å². The zero-order valence-electron chi connectivity index (χ0n) is 16.5. The predicted octanol–water partition coefficient (Wildman–Crippen LogP) is 3.45. The third-order valence-corrected chi connectivity index (χ3v) is 5.06. The van der Waals surface area contributed by atoms with E-state index in [4.69, 9.17) is 4.74 Å². The van der Waals surface area contributed by atoms with E-state index in [0.29, 0.717) is 29.6 Å². The zero-order chi connectivity index (χ0) is 19.8. The van der Waals surface area contributed by atoms with Crippen LogP contribution in [0.2, 0.25) is 0 Å². The van der Waals surface area contributed by atoms with Gasteiger partial charge in [0, 0.05) is 10.9 Å². The zero-order valence-corrected chi connectivity index (χ0v) is 17.3. The second-order valence-electron chi connectivity index (χ2n) is 6.95. The molecule has 1 amide bonds. The molecule has 0 aliphatic heterocycles. The van der Waals surface area contributed by atoms with E-state index < -0.39 is 5.97 Å². The summed E-state index contributed by atoms with van der Waals surface area (Å²) in [4.78, 5) is 24.8. The minimum absolute atomic E-state index is 0.110. The van der Waals surface area contributed by atoms with Crippen molar-refractivity contribution in [3.63, 3.8) is 0 Å². The second kappa shape index (κ2) is 10.2. The van der Waals surface area contributed by atoms with Gasteiger partial charge in [-0.15, -0.1) is 11.3 Å². The molecule has 2 rings (SSSR count). The van der Waals surface area contributed by atoms with Crippen LogP contribution < -0.4 is 10.6 Å². The fraction of sp³-hybridized carbons (Fsp3) is 0.429. The highest BCUT2D eigenvalue weighted by atomic mass is 32.1. The Morgan fingerprint density at radius 3 is 2.56 bits per heavy atom. The first-order valence-electron chi connectivity index (χ1n) is 9.39. The molecule has 5 nitrogen and oxygen atoms in total. The van der Waals surface area contributed by atoms with E-state index in [9.17, 15) is 9.59 Å². The van der Waals surface area contributed by atoms with Crippen LogP contribution in [0.3, 0.4) is 0 Å². The van der Waals surface area contributed by atoms with Crippen molar-refractivity contribution in [2.24, 2.45) is 5.92 Å². The van der Waals surface area contributed by atoms with Crippen molar-refractivity contribution in [1.82, 2.24) is 0 Å². The van der Waals surface area contributed by atoms with Crippen molar-refractivity contribution < 1.29 is 19.6 Å². The molecule has 0 saturated heterocycles. The number of hydrogen-bond donors (Lipinski definition) is 2. The quantitative estimate of drug-likeness (QED) is 0.510. The summed E-state index contributed by atoms with van der Waals surface area (Å²) in [5.41, 5.74) is 3.31. The molecule has 3 N–H and O–H groups in total. The molecule has 0 unspecified atom stereocenters. The number of carbonyl (C=O) groups excluding carboxylic acids is 2. The van der Waals surface area contributed by atoms with Gasteiger partial charge in [-0.1, -0.05) is 43.7 Å². The maximum atomic E-state index is 12.5. The molecule has 0 spiro atoms. The van der Waals surface area contributed by atoms with Crippen LogP contribution in [-0.4, -0.2) is 31.6 Å². The van der Waals surface area contributed by atoms with Gasteiger partial charge in [-0.05, 0) is 31.7 Å². The molecule has 27 heavy (non-hydrogen) atoms. The fourth-order valence-corrected chi connectivity index (χ4v) is 3.64. The number of ether oxygens (including phenoxy) is 1. The van der Waals surface area contributed by atoms with Crippen molar-refractivity contribution >= 4 is 28.2 Å². The maximum absolute atomic E-state index is 12.5. The van der Waals surface area contributed by atoms with Crippen molar-refractivity contribution in [3.05, 3.63) is 40.8 Å². The van der Waals surface area contributed by atoms with Crippen molar-refractivity contribution in [2.45, 2.75) is 34.1 Å². The number of aryl methyl sites for hydroxylation is 1. The molecule has 0 aliphatic rings. The number of quaternary nitrogens is 1. The van der Waals surface area contributed by atoms with E-state index in [1.54, 1.807) is 6.92 Å². The summed E-state index contributed by atoms with van der Waals surface area (Å²) in [6.07, 6.45) is 1.07. The smallest absolute Gasteiger partial charge is 0.341 e. The molecule has 6 heteroatoms. The number of thiophene rings is 1. The Balaban J connectivity index is 2.17. The second-order valence-corrected chi connectivity index (χ2v) is 7.83. The summed E-state index contributed by atoms with van der Waals surface area (Å²) in [6.45, 7) is 9.67. The van der Waals surface area contributed by atoms with Crippen LogP contribution in [0.4, 0.5) is 5.00 Å². The number of nitrogens with one attached hydrogen (secondary N) is 1. The number of anilines is 1. The van der Waals surface area contributed by atoms with Gasteiger partial charge < -0.3 is 15.4 Å². The van der Waals surface area contributed by atoms with E-state index in [1.165, 1.54) is 11.3 Å². The van der Waals surface area contributed by atoms with Crippen LogP contribution in [-0.2, 0) is 9.53 Å². The average Bonchev–Trinajstić information content (AvgIpc) is 3.03. The number of carbonyl (C=O) groups is 2. The monoisotopic (exact) mass is 389 g/mol. The van der Waals surface area contributed by atoms with E-state index in [2.05, 4.69) is 19.2 Å². The van der Waals surface area contributed by atoms with Gasteiger partial charge in [0.15, 0.2) is 6.54 Å². The molecular weight excluding hydrogens is 360 g/mol. The van der Waals surface area contributed by atoms with Crippen LogP contribution >= 0.6 is 11.3 Å². The summed E-state index contributed by atoms with van der Waals surface area (Å²) >= 11 is 1.36. The van der Waals surface area contributed by atoms with Gasteiger partial charge in [-0.25, -0.2) is 4.79 Å². The Labute approximate surface area is 165 Å². The molecule has 0 bridgehead atoms. The summed E-state index contributed by atoms with van der Waals surface area (Å²) in [5, 5.41) is 7.33. The molecule has 0 saturated carbocycles. The molecule has 0 radical (unpaired) electrons. The molecule has 1 aromatic carbocycles. The van der Waals surface area contributed by atoms with Crippen molar-refractivity contribution in [2.75, 3.05) is 25.0 Å². The molecule has 1 heterocycles. The van der Waals surface area contributed by atoms with Gasteiger partial charge in [-0.3, -0.25) is 4.79 Å². The third-order valence-electron chi connectivity index (χ3n) is 4.16. The molecule has 0 aliphatic carbocycles. The number of nitrogens with two attached hydrogens (primary N) is 1. The first kappa shape index (κ1) is 21.1. The lowest BCUT2D eigenvalue weighted by atomic mass is 10.0. The molecule has 0 atom stereocenters. The highest BCUT2D eigenvalue weighted by Crippen LogP contribution is 2.36. The number of amides is 1. The highest BCUT2D eigenvalue weighted by Gasteiger charge is 2.23. The van der Waals surface area contributed by atoms with E-state index in [-0.39, 0.29) is 5.91 Å². The summed E-state index contributed by atoms with van der Waals surface area (Å²) in [5.74, 6) is 0.101. The molecule has 0 fully saturated rings. The van der Waals surface area contributed by atoms with Gasteiger partial charge in [0.05, 0.1) is 13.2 Å². The van der Waals surface area contributed by atoms with E-state index in [0.717, 1.165) is 29.7 Å². The van der Waals surface area contributed by atoms with Gasteiger partial charge in [0.1, 0.15) is 10.6 Å². The molecule has 2 aromatic rings. The van der Waals surface area contributed by atoms with Gasteiger partial charge in [0.2, 0.25) is 0 Å². The lowest BCUT2D eigenvalue weighted by molar-refractivity contribution is -0.644. The van der Waals surface area contributed by atoms with Crippen LogP contribution in [0.25, 0.3) is 11.1 Å². The van der Waals surface area contributed by atoms with Crippen LogP contribution in [0.1, 0.15) is 43.1 Å². The average molecular weight is 390 g/mol. The summed E-state index contributed by atoms with van der Waals surface area (Å²) in [6, 6.07) is 7.96. The van der Waals surface area contributed by atoms with Crippen molar-refractivity contribution in [3.8, 4) is 11.1 Å². The topological polar surface area (TPSA) is 72.0 Å². The minimum Gasteiger partial charge on any atom is -0.462 e. The lowest BCUT2D eigenvalue weighted by Crippen LogP contribution is -2.86. The van der Waals surface area contributed by atoms with Crippen molar-refractivity contribution in [1.29, 1.82) is 0 Å². The Hall–Kier alpha value is -2.18. The first-order chi connectivity index (χ1) is 12.9. The fourth-order valence-electron chi connectivity index (χ4n) is 2.66. The summed E-state index contributed by atoms with van der Waals surface area (Å²) in [7, 11) is 0. The Bertz CT molecular complexity index is 766. The van der Waals surface area contributed by atoms with E-state index >= 15 is 0 Å². The van der Waals surface area contributed by atoms with Crippen LogP contribution in [0.5, 0.6) is 0 Å². The Morgan fingerprint density at radius 2 is 1.93 bits per heavy atom. The van der Waals surface area contributed by atoms with Gasteiger partial charge in [-0.2, -0.15) is 0 Å². The number of hydrogen-bond acceptors (Lipinski definition) is 4. The molecule has 146 valence electrons. The predicted molar refractivity (Wildman–Crippen MR) is 110 cm³/mol. The van der Waals surface area contributed by atoms with Crippen LogP contribution in [0, 0.1) is 12.8 Å². The Kier molecular flexibility index (Phi) is 8.00. The van der Waals surface area contributed by atoms with Crippen LogP contribution in [0.15, 0.2) is 29.6 Å². The SMILES string of the molecule is CCOC(=O)c1c(-c2ccc(C)cc2)csc1NC(=O)C[NH2+]CCC(C)C. The lowest BCUT2D eigenvalue weighted by Gasteiger charge is -2.09. The van der Waals surface area contributed by atoms with Gasteiger partial charge >= 0.3 is 5.97 Å². The number of rotatable bonds is 9. The largest absolute Gasteiger partial charge is 0.462 e. The van der Waals surface area contributed by atoms with Gasteiger partial charge in [0.25, 0.3) is 5.91 Å². The molecular formula is C21H29N2O3S+. The normalized spacial score (nSPS) is 10.9. The maximum Gasteiger partial charge on any atom is 0.341 e. The third kappa shape index (κ3) is 6.19. The Morgan fingerprint density at radius 1 is 1.22 bits per heavy atom. The number of benzene rings is 1. The first-order valence-corrected chi connectivity index (χ1v) is 10.3. The molecule has 1 aromatic heterocycles. The highest BCUT2D eigenvalue weighted by molar-refractivity contribution is 7.15. The number of esters is 1. The summed E-state index contributed by atoms with van der Waals surface area (Å²) < 4.78 is 5.23. The minimum atomic E-state index is -0.409. The standard InChI is InChI=1S/C21H28N2O3S/c1-5-26-21(25)19-17(16-8-6-15(4)7-9-16)13-27-20(19)23-18(24)12-22-11-10-14(2)3/h6-9,13-14,22H,5,10-12H2,1-4H3,(H,23,24)/p+1.